The smallest absolute Gasteiger partial charge is 0.306 e. The molecule has 2 amide bonds. The first kappa shape index (κ1) is 19.0. The van der Waals surface area contributed by atoms with Crippen LogP contribution in [0.25, 0.3) is 0 Å². The molecule has 1 aromatic carbocycles. The first-order chi connectivity index (χ1) is 12.0. The summed E-state index contributed by atoms with van der Waals surface area (Å²) in [6, 6.07) is 6.90. The summed E-state index contributed by atoms with van der Waals surface area (Å²) in [6.07, 6.45) is 2.45. The molecule has 2 rings (SSSR count). The number of amides is 2. The molecule has 2 unspecified atom stereocenters. The lowest BCUT2D eigenvalue weighted by Gasteiger charge is -2.25. The molecule has 0 heterocycles. The third-order valence-corrected chi connectivity index (χ3v) is 4.82. The molecule has 0 bridgehead atoms. The van der Waals surface area contributed by atoms with Crippen molar-refractivity contribution in [1.82, 2.24) is 4.90 Å². The average Bonchev–Trinajstić information content (AvgIpc) is 2.63. The fourth-order valence-corrected chi connectivity index (χ4v) is 3.32. The van der Waals surface area contributed by atoms with E-state index in [1.807, 2.05) is 13.8 Å². The number of hydrogen-bond acceptors (Lipinski definition) is 3. The minimum atomic E-state index is -0.829. The Morgan fingerprint density at radius 2 is 1.84 bits per heavy atom. The molecule has 1 fully saturated rings. The van der Waals surface area contributed by atoms with Crippen molar-refractivity contribution < 1.29 is 19.5 Å². The summed E-state index contributed by atoms with van der Waals surface area (Å²) in [5, 5.41) is 12.0. The molecule has 1 aliphatic carbocycles. The normalized spacial score (nSPS) is 19.9. The molecule has 0 saturated heterocycles. The summed E-state index contributed by atoms with van der Waals surface area (Å²) in [5.41, 5.74) is 1.11. The van der Waals surface area contributed by atoms with Gasteiger partial charge in [0.2, 0.25) is 5.91 Å². The van der Waals surface area contributed by atoms with E-state index in [0.717, 1.165) is 6.42 Å². The van der Waals surface area contributed by atoms with Crippen LogP contribution in [0.3, 0.4) is 0 Å². The molecule has 1 saturated carbocycles. The van der Waals surface area contributed by atoms with Gasteiger partial charge in [0.25, 0.3) is 5.91 Å². The zero-order valence-electron chi connectivity index (χ0n) is 14.8. The number of aliphatic carboxylic acids is 1. The van der Waals surface area contributed by atoms with E-state index in [-0.39, 0.29) is 17.7 Å². The van der Waals surface area contributed by atoms with Gasteiger partial charge in [-0.2, -0.15) is 0 Å². The van der Waals surface area contributed by atoms with Crippen molar-refractivity contribution in [1.29, 1.82) is 0 Å². The van der Waals surface area contributed by atoms with Crippen molar-refractivity contribution in [3.63, 3.8) is 0 Å². The Morgan fingerprint density at radius 3 is 2.48 bits per heavy atom. The summed E-state index contributed by atoms with van der Waals surface area (Å²) in [5.74, 6) is -1.80. The molecule has 1 aliphatic rings. The Kier molecular flexibility index (Phi) is 6.56. The van der Waals surface area contributed by atoms with E-state index in [9.17, 15) is 14.4 Å². The van der Waals surface area contributed by atoms with Crippen molar-refractivity contribution in [3.05, 3.63) is 29.8 Å². The second-order valence-electron chi connectivity index (χ2n) is 6.45. The molecule has 0 spiro atoms. The average molecular weight is 346 g/mol. The molecule has 1 aromatic rings. The lowest BCUT2D eigenvalue weighted by Crippen LogP contribution is -2.31. The van der Waals surface area contributed by atoms with Gasteiger partial charge in [0, 0.05) is 30.3 Å². The van der Waals surface area contributed by atoms with Crippen LogP contribution >= 0.6 is 0 Å². The van der Waals surface area contributed by atoms with Crippen molar-refractivity contribution in [2.75, 3.05) is 18.4 Å². The number of nitrogens with zero attached hydrogens (tertiary/aromatic N) is 1. The van der Waals surface area contributed by atoms with Crippen LogP contribution in [0.1, 0.15) is 49.9 Å². The van der Waals surface area contributed by atoms with Gasteiger partial charge in [0.15, 0.2) is 0 Å². The number of nitrogens with one attached hydrogen (secondary N) is 1. The molecule has 2 atom stereocenters. The standard InChI is InChI=1S/C19H26N2O4/c1-3-21(4-2)18(23)14-8-6-10-16(12-14)20-17(22)13-7-5-9-15(11-13)19(24)25/h6,8,10,12-13,15H,3-5,7,9,11H2,1-2H3,(H,20,22)(H,24,25). The van der Waals surface area contributed by atoms with E-state index >= 15 is 0 Å². The van der Waals surface area contributed by atoms with Gasteiger partial charge in [0.1, 0.15) is 0 Å². The largest absolute Gasteiger partial charge is 0.481 e. The van der Waals surface area contributed by atoms with Crippen molar-refractivity contribution in [2.24, 2.45) is 11.8 Å². The van der Waals surface area contributed by atoms with Crippen LogP contribution < -0.4 is 5.32 Å². The van der Waals surface area contributed by atoms with Gasteiger partial charge in [-0.15, -0.1) is 0 Å². The molecule has 2 N–H and O–H groups in total. The van der Waals surface area contributed by atoms with Gasteiger partial charge >= 0.3 is 5.97 Å². The fourth-order valence-electron chi connectivity index (χ4n) is 3.32. The minimum absolute atomic E-state index is 0.0651. The first-order valence-corrected chi connectivity index (χ1v) is 8.89. The predicted octanol–water partition coefficient (Wildman–Crippen LogP) is 3.00. The number of benzene rings is 1. The third-order valence-electron chi connectivity index (χ3n) is 4.82. The lowest BCUT2D eigenvalue weighted by atomic mass is 9.81. The zero-order valence-corrected chi connectivity index (χ0v) is 14.8. The molecular weight excluding hydrogens is 320 g/mol. The molecule has 0 aliphatic heterocycles. The number of carboxylic acid groups (broad SMARTS) is 1. The molecule has 0 radical (unpaired) electrons. The van der Waals surface area contributed by atoms with Crippen LogP contribution in [0.2, 0.25) is 0 Å². The van der Waals surface area contributed by atoms with Crippen LogP contribution in [-0.2, 0) is 9.59 Å². The summed E-state index contributed by atoms with van der Waals surface area (Å²) >= 11 is 0. The third kappa shape index (κ3) is 4.81. The van der Waals surface area contributed by atoms with Crippen molar-refractivity contribution in [3.8, 4) is 0 Å². The number of carboxylic acids is 1. The highest BCUT2D eigenvalue weighted by molar-refractivity contribution is 5.97. The van der Waals surface area contributed by atoms with Gasteiger partial charge in [-0.25, -0.2) is 0 Å². The molecule has 136 valence electrons. The van der Waals surface area contributed by atoms with E-state index in [1.165, 1.54) is 0 Å². The monoisotopic (exact) mass is 346 g/mol. The van der Waals surface area contributed by atoms with Crippen LogP contribution in [0.4, 0.5) is 5.69 Å². The Bertz CT molecular complexity index is 640. The SMILES string of the molecule is CCN(CC)C(=O)c1cccc(NC(=O)C2CCCC(C(=O)O)C2)c1. The van der Waals surface area contributed by atoms with Gasteiger partial charge < -0.3 is 15.3 Å². The molecule has 25 heavy (non-hydrogen) atoms. The lowest BCUT2D eigenvalue weighted by molar-refractivity contribution is -0.143. The summed E-state index contributed by atoms with van der Waals surface area (Å²) in [6.45, 7) is 5.11. The summed E-state index contributed by atoms with van der Waals surface area (Å²) < 4.78 is 0. The number of carbonyl (C=O) groups excluding carboxylic acids is 2. The number of carbonyl (C=O) groups is 3. The Morgan fingerprint density at radius 1 is 1.16 bits per heavy atom. The van der Waals surface area contributed by atoms with Crippen LogP contribution in [-0.4, -0.2) is 40.9 Å². The topological polar surface area (TPSA) is 86.7 Å². The summed E-state index contributed by atoms with van der Waals surface area (Å²) in [4.78, 5) is 37.7. The molecule has 6 heteroatoms. The van der Waals surface area contributed by atoms with E-state index in [2.05, 4.69) is 5.32 Å². The van der Waals surface area contributed by atoms with Crippen molar-refractivity contribution in [2.45, 2.75) is 39.5 Å². The van der Waals surface area contributed by atoms with E-state index in [1.54, 1.807) is 29.2 Å². The van der Waals surface area contributed by atoms with Gasteiger partial charge in [-0.05, 0) is 51.3 Å². The van der Waals surface area contributed by atoms with Crippen LogP contribution in [0, 0.1) is 11.8 Å². The van der Waals surface area contributed by atoms with Gasteiger partial charge in [0.05, 0.1) is 5.92 Å². The number of hydrogen-bond donors (Lipinski definition) is 2. The second kappa shape index (κ2) is 8.65. The van der Waals surface area contributed by atoms with Crippen molar-refractivity contribution >= 4 is 23.5 Å². The van der Waals surface area contributed by atoms with Crippen LogP contribution in [0.15, 0.2) is 24.3 Å². The molecule has 0 aromatic heterocycles. The highest BCUT2D eigenvalue weighted by atomic mass is 16.4. The van der Waals surface area contributed by atoms with E-state index < -0.39 is 11.9 Å². The summed E-state index contributed by atoms with van der Waals surface area (Å²) in [7, 11) is 0. The minimum Gasteiger partial charge on any atom is -0.481 e. The maximum absolute atomic E-state index is 12.5. The second-order valence-corrected chi connectivity index (χ2v) is 6.45. The molecular formula is C19H26N2O4. The predicted molar refractivity (Wildman–Crippen MR) is 95.4 cm³/mol. The quantitative estimate of drug-likeness (QED) is 0.829. The van der Waals surface area contributed by atoms with E-state index in [0.29, 0.717) is 43.6 Å². The highest BCUT2D eigenvalue weighted by Gasteiger charge is 2.31. The van der Waals surface area contributed by atoms with Gasteiger partial charge in [-0.3, -0.25) is 14.4 Å². The maximum atomic E-state index is 12.5. The van der Waals surface area contributed by atoms with Gasteiger partial charge in [-0.1, -0.05) is 12.5 Å². The Labute approximate surface area is 148 Å². The maximum Gasteiger partial charge on any atom is 0.306 e. The fraction of sp³-hybridized carbons (Fsp3) is 0.526. The highest BCUT2D eigenvalue weighted by Crippen LogP contribution is 2.30. The Balaban J connectivity index is 2.05. The zero-order chi connectivity index (χ0) is 18.4. The van der Waals surface area contributed by atoms with Crippen LogP contribution in [0.5, 0.6) is 0 Å². The number of anilines is 1. The van der Waals surface area contributed by atoms with E-state index in [4.69, 9.17) is 5.11 Å². The Hall–Kier alpha value is -2.37. The molecule has 6 nitrogen and oxygen atoms in total. The number of rotatable bonds is 6. The first-order valence-electron chi connectivity index (χ1n) is 8.89.